The highest BCUT2D eigenvalue weighted by Crippen LogP contribution is 2.20. The van der Waals surface area contributed by atoms with Crippen molar-refractivity contribution in [3.8, 4) is 0 Å². The van der Waals surface area contributed by atoms with Crippen molar-refractivity contribution >= 4 is 12.1 Å². The molecule has 9 heteroatoms. The van der Waals surface area contributed by atoms with Gasteiger partial charge in [-0.2, -0.15) is 13.2 Å². The fourth-order valence-electron chi connectivity index (χ4n) is 2.06. The number of nitrogens with one attached hydrogen (secondary N) is 2. The zero-order chi connectivity index (χ0) is 14.6. The van der Waals surface area contributed by atoms with Gasteiger partial charge < -0.3 is 20.6 Å². The molecule has 19 heavy (non-hydrogen) atoms. The summed E-state index contributed by atoms with van der Waals surface area (Å²) in [5.74, 6) is -0.0901. The number of urea groups is 1. The first-order chi connectivity index (χ1) is 8.73. The van der Waals surface area contributed by atoms with Crippen molar-refractivity contribution < 1.29 is 27.9 Å². The molecular formula is C10H16F3N3O3. The molecule has 0 aromatic carbocycles. The number of carbonyl (C=O) groups is 2. The van der Waals surface area contributed by atoms with Crippen LogP contribution in [0.4, 0.5) is 22.8 Å². The number of carbonyl (C=O) groups excluding carboxylic acids is 1. The van der Waals surface area contributed by atoms with E-state index >= 15 is 0 Å². The molecule has 110 valence electrons. The van der Waals surface area contributed by atoms with Gasteiger partial charge in [0.2, 0.25) is 0 Å². The summed E-state index contributed by atoms with van der Waals surface area (Å²) in [7, 11) is 0. The lowest BCUT2D eigenvalue weighted by Crippen LogP contribution is -2.44. The molecule has 0 saturated carbocycles. The van der Waals surface area contributed by atoms with Crippen molar-refractivity contribution in [3.05, 3.63) is 0 Å². The Morgan fingerprint density at radius 2 is 2.00 bits per heavy atom. The maximum absolute atomic E-state index is 12.0. The summed E-state index contributed by atoms with van der Waals surface area (Å²) in [6.07, 6.45) is -5.03. The summed E-state index contributed by atoms with van der Waals surface area (Å²) in [5.41, 5.74) is 0. The predicted octanol–water partition coefficient (Wildman–Crippen LogP) is 1.24. The highest BCUT2D eigenvalue weighted by Gasteiger charge is 2.36. The second kappa shape index (κ2) is 5.98. The molecule has 3 amide bonds. The van der Waals surface area contributed by atoms with E-state index in [-0.39, 0.29) is 19.0 Å². The molecule has 0 aromatic heterocycles. The molecule has 3 N–H and O–H groups in total. The van der Waals surface area contributed by atoms with Crippen molar-refractivity contribution in [2.24, 2.45) is 5.92 Å². The van der Waals surface area contributed by atoms with Gasteiger partial charge in [-0.25, -0.2) is 9.59 Å². The first kappa shape index (κ1) is 15.4. The van der Waals surface area contributed by atoms with E-state index in [9.17, 15) is 22.8 Å². The van der Waals surface area contributed by atoms with E-state index < -0.39 is 30.9 Å². The minimum atomic E-state index is -4.46. The number of hydrogen-bond acceptors (Lipinski definition) is 2. The molecule has 0 bridgehead atoms. The number of rotatable bonds is 3. The van der Waals surface area contributed by atoms with E-state index in [1.54, 1.807) is 5.32 Å². The molecule has 2 unspecified atom stereocenters. The number of carboxylic acid groups (broad SMARTS) is 1. The topological polar surface area (TPSA) is 81.7 Å². The molecule has 1 aliphatic rings. The second-order valence-electron chi connectivity index (χ2n) is 4.40. The van der Waals surface area contributed by atoms with Gasteiger partial charge in [0, 0.05) is 13.1 Å². The lowest BCUT2D eigenvalue weighted by Gasteiger charge is -2.17. The van der Waals surface area contributed by atoms with Crippen molar-refractivity contribution in [2.45, 2.75) is 25.6 Å². The van der Waals surface area contributed by atoms with Crippen LogP contribution in [0.15, 0.2) is 0 Å². The number of alkyl halides is 3. The van der Waals surface area contributed by atoms with Crippen molar-refractivity contribution in [1.29, 1.82) is 0 Å². The van der Waals surface area contributed by atoms with Gasteiger partial charge in [-0.15, -0.1) is 0 Å². The van der Waals surface area contributed by atoms with Crippen LogP contribution in [-0.2, 0) is 0 Å². The van der Waals surface area contributed by atoms with Crippen LogP contribution in [0.2, 0.25) is 0 Å². The smallest absolute Gasteiger partial charge is 0.405 e. The van der Waals surface area contributed by atoms with Crippen LogP contribution >= 0.6 is 0 Å². The average Bonchev–Trinajstić information content (AvgIpc) is 2.67. The summed E-state index contributed by atoms with van der Waals surface area (Å²) in [5, 5.41) is 12.7. The maximum Gasteiger partial charge on any atom is 0.405 e. The van der Waals surface area contributed by atoms with Gasteiger partial charge in [-0.05, 0) is 12.3 Å². The summed E-state index contributed by atoms with van der Waals surface area (Å²) < 4.78 is 35.9. The van der Waals surface area contributed by atoms with Crippen LogP contribution in [-0.4, -0.2) is 54.0 Å². The van der Waals surface area contributed by atoms with Gasteiger partial charge in [-0.1, -0.05) is 6.92 Å². The van der Waals surface area contributed by atoms with Crippen molar-refractivity contribution in [1.82, 2.24) is 15.5 Å². The number of halogens is 3. The average molecular weight is 283 g/mol. The highest BCUT2D eigenvalue weighted by atomic mass is 19.4. The number of likely N-dealkylation sites (tertiary alicyclic amines) is 1. The minimum Gasteiger partial charge on any atom is -0.465 e. The van der Waals surface area contributed by atoms with Crippen LogP contribution in [0, 0.1) is 5.92 Å². The van der Waals surface area contributed by atoms with Gasteiger partial charge in [-0.3, -0.25) is 0 Å². The van der Waals surface area contributed by atoms with Gasteiger partial charge in [0.15, 0.2) is 0 Å². The fraction of sp³-hybridized carbons (Fsp3) is 0.800. The van der Waals surface area contributed by atoms with Gasteiger partial charge in [0.1, 0.15) is 6.54 Å². The molecule has 6 nitrogen and oxygen atoms in total. The Hall–Kier alpha value is -1.67. The van der Waals surface area contributed by atoms with Crippen LogP contribution in [0.1, 0.15) is 13.3 Å². The third kappa shape index (κ3) is 4.84. The van der Waals surface area contributed by atoms with Crippen molar-refractivity contribution in [2.75, 3.05) is 19.6 Å². The molecule has 1 heterocycles. The highest BCUT2D eigenvalue weighted by molar-refractivity contribution is 5.75. The quantitative estimate of drug-likeness (QED) is 0.728. The molecule has 1 fully saturated rings. The standard InChI is InChI=1S/C10H16F3N3O3/c1-2-6-3-16(4-7(6)15-9(18)19)8(17)14-5-10(11,12)13/h6-7,15H,2-5H2,1H3,(H,14,17)(H,18,19). The summed E-state index contributed by atoms with van der Waals surface area (Å²) in [4.78, 5) is 23.3. The van der Waals surface area contributed by atoms with Gasteiger partial charge in [0.05, 0.1) is 6.04 Å². The zero-order valence-corrected chi connectivity index (χ0v) is 10.3. The second-order valence-corrected chi connectivity index (χ2v) is 4.40. The Balaban J connectivity index is 2.52. The molecule has 1 saturated heterocycles. The first-order valence-corrected chi connectivity index (χ1v) is 5.82. The number of amides is 3. The van der Waals surface area contributed by atoms with E-state index in [0.29, 0.717) is 6.42 Å². The lowest BCUT2D eigenvalue weighted by atomic mass is 10.0. The Bertz CT molecular complexity index is 349. The molecule has 2 atom stereocenters. The third-order valence-electron chi connectivity index (χ3n) is 3.00. The van der Waals surface area contributed by atoms with E-state index in [2.05, 4.69) is 5.32 Å². The van der Waals surface area contributed by atoms with E-state index in [1.165, 1.54) is 4.90 Å². The van der Waals surface area contributed by atoms with E-state index in [1.807, 2.05) is 6.92 Å². The zero-order valence-electron chi connectivity index (χ0n) is 10.3. The molecule has 0 aliphatic carbocycles. The molecular weight excluding hydrogens is 267 g/mol. The van der Waals surface area contributed by atoms with E-state index in [4.69, 9.17) is 5.11 Å². The summed E-state index contributed by atoms with van der Waals surface area (Å²) in [6, 6.07) is -1.27. The SMILES string of the molecule is CCC1CN(C(=O)NCC(F)(F)F)CC1NC(=O)O. The summed E-state index contributed by atoms with van der Waals surface area (Å²) in [6.45, 7) is 0.758. The fourth-order valence-corrected chi connectivity index (χ4v) is 2.06. The number of hydrogen-bond donors (Lipinski definition) is 3. The van der Waals surface area contributed by atoms with Gasteiger partial charge in [0.25, 0.3) is 0 Å². The van der Waals surface area contributed by atoms with Crippen LogP contribution in [0.3, 0.4) is 0 Å². The first-order valence-electron chi connectivity index (χ1n) is 5.82. The molecule has 0 spiro atoms. The predicted molar refractivity (Wildman–Crippen MR) is 59.8 cm³/mol. The normalized spacial score (nSPS) is 23.3. The molecule has 1 rings (SSSR count). The van der Waals surface area contributed by atoms with Crippen molar-refractivity contribution in [3.63, 3.8) is 0 Å². The largest absolute Gasteiger partial charge is 0.465 e. The Kier molecular flexibility index (Phi) is 4.84. The maximum atomic E-state index is 12.0. The lowest BCUT2D eigenvalue weighted by molar-refractivity contribution is -0.123. The third-order valence-corrected chi connectivity index (χ3v) is 3.00. The van der Waals surface area contributed by atoms with E-state index in [0.717, 1.165) is 0 Å². The molecule has 1 aliphatic heterocycles. The van der Waals surface area contributed by atoms with Crippen LogP contribution < -0.4 is 10.6 Å². The Morgan fingerprint density at radius 1 is 1.37 bits per heavy atom. The molecule has 0 radical (unpaired) electrons. The Morgan fingerprint density at radius 3 is 2.47 bits per heavy atom. The monoisotopic (exact) mass is 283 g/mol. The van der Waals surface area contributed by atoms with Crippen LogP contribution in [0.5, 0.6) is 0 Å². The van der Waals surface area contributed by atoms with Gasteiger partial charge >= 0.3 is 18.3 Å². The number of nitrogens with zero attached hydrogens (tertiary/aromatic N) is 1. The summed E-state index contributed by atoms with van der Waals surface area (Å²) >= 11 is 0. The molecule has 0 aromatic rings. The Labute approximate surface area is 107 Å². The minimum absolute atomic E-state index is 0.0779. The van der Waals surface area contributed by atoms with Crippen LogP contribution in [0.25, 0.3) is 0 Å².